The van der Waals surface area contributed by atoms with Gasteiger partial charge in [-0.05, 0) is 32.1 Å². The van der Waals surface area contributed by atoms with Crippen molar-refractivity contribution in [3.63, 3.8) is 0 Å². The number of rotatable bonds is 8. The minimum absolute atomic E-state index is 0. The van der Waals surface area contributed by atoms with Crippen molar-refractivity contribution in [1.29, 1.82) is 0 Å². The van der Waals surface area contributed by atoms with Gasteiger partial charge in [-0.15, -0.1) is 0 Å². The molecule has 0 N–H and O–H groups in total. The number of carbonyl (C=O) groups is 2. The molecule has 0 rings (SSSR count). The van der Waals surface area contributed by atoms with Crippen LogP contribution < -0.4 is 34.7 Å². The van der Waals surface area contributed by atoms with Gasteiger partial charge in [0.25, 0.3) is 0 Å². The van der Waals surface area contributed by atoms with E-state index in [1.54, 1.807) is 6.92 Å². The van der Waals surface area contributed by atoms with E-state index in [0.29, 0.717) is 19.3 Å². The van der Waals surface area contributed by atoms with Crippen molar-refractivity contribution in [1.82, 2.24) is 0 Å². The van der Waals surface area contributed by atoms with Crippen LogP contribution in [0.4, 0.5) is 0 Å². The van der Waals surface area contributed by atoms with Crippen LogP contribution in [-0.4, -0.2) is 11.8 Å². The van der Waals surface area contributed by atoms with Crippen LogP contribution in [0.1, 0.15) is 52.4 Å². The molecule has 0 heterocycles. The molecule has 0 aliphatic rings. The molecule has 3 nitrogen and oxygen atoms in total. The standard InChI is InChI=1S/C11H20O3.Na/c1-3-6-10(11(13)14)8-5-4-7-9(2)12;/h10H,3-8H2,1-2H3,(H,13,14);/q;+1/p-1/t10-;/m1./s1. The van der Waals surface area contributed by atoms with Gasteiger partial charge in [0.1, 0.15) is 5.78 Å². The van der Waals surface area contributed by atoms with Crippen molar-refractivity contribution in [3.8, 4) is 0 Å². The van der Waals surface area contributed by atoms with Crippen LogP contribution in [0.2, 0.25) is 0 Å². The fourth-order valence-electron chi connectivity index (χ4n) is 1.49. The van der Waals surface area contributed by atoms with E-state index < -0.39 is 5.97 Å². The first-order valence-corrected chi connectivity index (χ1v) is 5.28. The largest absolute Gasteiger partial charge is 1.00 e. The van der Waals surface area contributed by atoms with Gasteiger partial charge in [-0.3, -0.25) is 0 Å². The van der Waals surface area contributed by atoms with E-state index in [1.807, 2.05) is 6.92 Å². The maximum absolute atomic E-state index is 10.6. The Hall–Kier alpha value is 0.140. The summed E-state index contributed by atoms with van der Waals surface area (Å²) in [4.78, 5) is 21.3. The average molecular weight is 222 g/mol. The summed E-state index contributed by atoms with van der Waals surface area (Å²) in [7, 11) is 0. The summed E-state index contributed by atoms with van der Waals surface area (Å²) in [6, 6.07) is 0. The third-order valence-electron chi connectivity index (χ3n) is 2.30. The van der Waals surface area contributed by atoms with Crippen LogP contribution in [0.5, 0.6) is 0 Å². The van der Waals surface area contributed by atoms with Gasteiger partial charge in [0, 0.05) is 12.4 Å². The zero-order valence-corrected chi connectivity index (χ0v) is 12.0. The van der Waals surface area contributed by atoms with E-state index in [9.17, 15) is 14.7 Å². The molecule has 0 radical (unpaired) electrons. The van der Waals surface area contributed by atoms with Crippen molar-refractivity contribution in [3.05, 3.63) is 0 Å². The van der Waals surface area contributed by atoms with Crippen molar-refractivity contribution in [2.24, 2.45) is 5.92 Å². The van der Waals surface area contributed by atoms with Crippen LogP contribution in [0.3, 0.4) is 0 Å². The van der Waals surface area contributed by atoms with Gasteiger partial charge in [0.2, 0.25) is 0 Å². The molecular formula is C11H19NaO3. The second-order valence-corrected chi connectivity index (χ2v) is 3.75. The first-order valence-electron chi connectivity index (χ1n) is 5.28. The minimum atomic E-state index is -0.949. The van der Waals surface area contributed by atoms with E-state index in [-0.39, 0.29) is 41.3 Å². The van der Waals surface area contributed by atoms with Crippen molar-refractivity contribution in [2.45, 2.75) is 52.4 Å². The Morgan fingerprint density at radius 3 is 2.20 bits per heavy atom. The number of carboxylic acid groups (broad SMARTS) is 1. The number of carbonyl (C=O) groups excluding carboxylic acids is 2. The van der Waals surface area contributed by atoms with E-state index >= 15 is 0 Å². The number of aliphatic carboxylic acids is 1. The van der Waals surface area contributed by atoms with Crippen molar-refractivity contribution >= 4 is 11.8 Å². The quantitative estimate of drug-likeness (QED) is 0.363. The zero-order chi connectivity index (χ0) is 11.0. The number of Topliss-reactive ketones (excluding diaryl/α,β-unsaturated/α-hetero) is 1. The first-order chi connectivity index (χ1) is 6.57. The van der Waals surface area contributed by atoms with Crippen LogP contribution in [-0.2, 0) is 9.59 Å². The van der Waals surface area contributed by atoms with Gasteiger partial charge in [-0.25, -0.2) is 0 Å². The summed E-state index contributed by atoms with van der Waals surface area (Å²) in [5, 5.41) is 10.6. The second kappa shape index (κ2) is 10.7. The molecule has 0 bridgehead atoms. The molecule has 15 heavy (non-hydrogen) atoms. The van der Waals surface area contributed by atoms with E-state index in [1.165, 1.54) is 0 Å². The summed E-state index contributed by atoms with van der Waals surface area (Å²) >= 11 is 0. The topological polar surface area (TPSA) is 57.2 Å². The fraction of sp³-hybridized carbons (Fsp3) is 0.818. The van der Waals surface area contributed by atoms with Crippen molar-refractivity contribution in [2.75, 3.05) is 0 Å². The Morgan fingerprint density at radius 2 is 1.80 bits per heavy atom. The van der Waals surface area contributed by atoms with Crippen LogP contribution >= 0.6 is 0 Å². The molecule has 0 unspecified atom stereocenters. The molecule has 1 atom stereocenters. The molecule has 4 heteroatoms. The summed E-state index contributed by atoms with van der Waals surface area (Å²) in [6.07, 6.45) is 4.35. The van der Waals surface area contributed by atoms with Crippen LogP contribution in [0.15, 0.2) is 0 Å². The average Bonchev–Trinajstić information content (AvgIpc) is 2.09. The van der Waals surface area contributed by atoms with Gasteiger partial charge in [-0.2, -0.15) is 0 Å². The monoisotopic (exact) mass is 222 g/mol. The Morgan fingerprint density at radius 1 is 1.20 bits per heavy atom. The predicted octanol–water partition coefficient (Wildman–Crippen LogP) is -1.69. The molecule has 0 aliphatic carbocycles. The number of hydrogen-bond donors (Lipinski definition) is 0. The SMILES string of the molecule is CCC[C@H](CCCCC(C)=O)C(=O)[O-].[Na+]. The molecule has 0 saturated carbocycles. The summed E-state index contributed by atoms with van der Waals surface area (Å²) in [5.74, 6) is -1.10. The molecule has 0 aromatic rings. The Kier molecular flexibility index (Phi) is 12.4. The van der Waals surface area contributed by atoms with Crippen LogP contribution in [0.25, 0.3) is 0 Å². The Balaban J connectivity index is 0. The number of hydrogen-bond acceptors (Lipinski definition) is 3. The summed E-state index contributed by atoms with van der Waals surface area (Å²) < 4.78 is 0. The smallest absolute Gasteiger partial charge is 0.550 e. The molecule has 0 aromatic heterocycles. The summed E-state index contributed by atoms with van der Waals surface area (Å²) in [5.41, 5.74) is 0. The Labute approximate surface area is 114 Å². The van der Waals surface area contributed by atoms with Gasteiger partial charge in [-0.1, -0.05) is 19.8 Å². The normalized spacial score (nSPS) is 11.6. The van der Waals surface area contributed by atoms with Gasteiger partial charge >= 0.3 is 29.6 Å². The van der Waals surface area contributed by atoms with E-state index in [2.05, 4.69) is 0 Å². The first kappa shape index (κ1) is 17.5. The zero-order valence-electron chi connectivity index (χ0n) is 10.0. The molecule has 0 amide bonds. The molecule has 82 valence electrons. The predicted molar refractivity (Wildman–Crippen MR) is 52.6 cm³/mol. The molecule has 0 fully saturated rings. The number of ketones is 1. The van der Waals surface area contributed by atoms with Crippen LogP contribution in [0, 0.1) is 5.92 Å². The molecular weight excluding hydrogens is 203 g/mol. The molecule has 0 aliphatic heterocycles. The number of unbranched alkanes of at least 4 members (excludes halogenated alkanes) is 1. The maximum atomic E-state index is 10.6. The fourth-order valence-corrected chi connectivity index (χ4v) is 1.49. The molecule has 0 aromatic carbocycles. The summed E-state index contributed by atoms with van der Waals surface area (Å²) in [6.45, 7) is 3.52. The third kappa shape index (κ3) is 10.4. The second-order valence-electron chi connectivity index (χ2n) is 3.75. The van der Waals surface area contributed by atoms with Gasteiger partial charge < -0.3 is 14.7 Å². The van der Waals surface area contributed by atoms with E-state index in [4.69, 9.17) is 0 Å². The maximum Gasteiger partial charge on any atom is 1.00 e. The van der Waals surface area contributed by atoms with Crippen molar-refractivity contribution < 1.29 is 44.3 Å². The Bertz CT molecular complexity index is 192. The minimum Gasteiger partial charge on any atom is -0.550 e. The third-order valence-corrected chi connectivity index (χ3v) is 2.30. The van der Waals surface area contributed by atoms with Gasteiger partial charge in [0.05, 0.1) is 0 Å². The van der Waals surface area contributed by atoms with Gasteiger partial charge in [0.15, 0.2) is 0 Å². The molecule has 0 saturated heterocycles. The molecule has 0 spiro atoms. The number of carboxylic acids is 1. The van der Waals surface area contributed by atoms with E-state index in [0.717, 1.165) is 19.3 Å².